The summed E-state index contributed by atoms with van der Waals surface area (Å²) in [5, 5.41) is 26.6. The van der Waals surface area contributed by atoms with Gasteiger partial charge in [-0.15, -0.1) is 10.2 Å². The number of aryl methyl sites for hydroxylation is 2. The van der Waals surface area contributed by atoms with E-state index in [9.17, 15) is 19.7 Å². The van der Waals surface area contributed by atoms with Gasteiger partial charge in [-0.25, -0.2) is 4.98 Å². The van der Waals surface area contributed by atoms with E-state index in [1.807, 2.05) is 60.9 Å². The molecule has 0 bridgehead atoms. The van der Waals surface area contributed by atoms with Crippen molar-refractivity contribution in [2.24, 2.45) is 0 Å². The number of carbonyl (C=O) groups excluding carboxylic acids is 2. The Morgan fingerprint density at radius 2 is 1.85 bits per heavy atom. The molecule has 2 aromatic heterocycles. The van der Waals surface area contributed by atoms with E-state index in [1.54, 1.807) is 13.0 Å². The predicted octanol–water partition coefficient (Wildman–Crippen LogP) is 5.37. The zero-order valence-corrected chi connectivity index (χ0v) is 24.0. The highest BCUT2D eigenvalue weighted by Gasteiger charge is 2.21. The maximum Gasteiger partial charge on any atom is 0.273 e. The summed E-state index contributed by atoms with van der Waals surface area (Å²) in [6.45, 7) is 5.48. The number of thiazole rings is 1. The topological polar surface area (TPSA) is 145 Å². The van der Waals surface area contributed by atoms with Crippen LogP contribution in [0.1, 0.15) is 32.9 Å². The van der Waals surface area contributed by atoms with E-state index >= 15 is 0 Å². The van der Waals surface area contributed by atoms with Crippen LogP contribution < -0.4 is 10.6 Å². The molecular formula is C28H25N7O4S2. The summed E-state index contributed by atoms with van der Waals surface area (Å²) in [5.74, 6) is -0.186. The number of hydrogen-bond donors (Lipinski definition) is 2. The SMILES string of the molecule is Cc1ccc(C)c(-n2c(CNC(=O)c3cccc([N+](=O)[O-])c3C)nnc2SCC(=O)Nc2nc3ccccc3s2)c1. The lowest BCUT2D eigenvalue weighted by Crippen LogP contribution is -2.25. The van der Waals surface area contributed by atoms with Gasteiger partial charge in [0.25, 0.3) is 11.6 Å². The van der Waals surface area contributed by atoms with E-state index in [4.69, 9.17) is 0 Å². The fourth-order valence-electron chi connectivity index (χ4n) is 4.24. The standard InChI is InChI=1S/C28H25N7O4S2/c1-16-11-12-17(2)22(13-16)34-24(14-29-26(37)19-7-6-9-21(18(19)3)35(38)39)32-33-28(34)40-15-25(36)31-27-30-20-8-4-5-10-23(20)41-27/h4-13H,14-15H2,1-3H3,(H,29,37)(H,30,31,36). The molecule has 2 amide bonds. The molecule has 2 N–H and O–H groups in total. The molecule has 0 radical (unpaired) electrons. The Balaban J connectivity index is 1.36. The molecule has 0 saturated carbocycles. The molecule has 0 saturated heterocycles. The zero-order chi connectivity index (χ0) is 29.1. The fourth-order valence-corrected chi connectivity index (χ4v) is 5.89. The van der Waals surface area contributed by atoms with Crippen LogP contribution >= 0.6 is 23.1 Å². The second-order valence-corrected chi connectivity index (χ2v) is 11.2. The molecule has 0 aliphatic rings. The summed E-state index contributed by atoms with van der Waals surface area (Å²) in [6.07, 6.45) is 0. The van der Waals surface area contributed by atoms with Gasteiger partial charge in [0, 0.05) is 17.2 Å². The summed E-state index contributed by atoms with van der Waals surface area (Å²) in [6, 6.07) is 18.0. The molecular weight excluding hydrogens is 562 g/mol. The summed E-state index contributed by atoms with van der Waals surface area (Å²) in [7, 11) is 0. The molecule has 41 heavy (non-hydrogen) atoms. The van der Waals surface area contributed by atoms with Gasteiger partial charge < -0.3 is 10.6 Å². The third-order valence-corrected chi connectivity index (χ3v) is 8.21. The van der Waals surface area contributed by atoms with Crippen LogP contribution in [-0.2, 0) is 11.3 Å². The number of nitro benzene ring substituents is 1. The van der Waals surface area contributed by atoms with Gasteiger partial charge in [-0.05, 0) is 56.2 Å². The number of amides is 2. The molecule has 3 aromatic carbocycles. The number of benzene rings is 3. The molecule has 0 spiro atoms. The summed E-state index contributed by atoms with van der Waals surface area (Å²) < 4.78 is 2.80. The molecule has 2 heterocycles. The van der Waals surface area contributed by atoms with Gasteiger partial charge in [0.15, 0.2) is 16.1 Å². The summed E-state index contributed by atoms with van der Waals surface area (Å²) in [4.78, 5) is 41.0. The number of aromatic nitrogens is 4. The number of hydrogen-bond acceptors (Lipinski definition) is 9. The van der Waals surface area contributed by atoms with Crippen molar-refractivity contribution in [1.29, 1.82) is 0 Å². The van der Waals surface area contributed by atoms with E-state index in [1.165, 1.54) is 35.2 Å². The Bertz CT molecular complexity index is 1760. The second-order valence-electron chi connectivity index (χ2n) is 9.24. The van der Waals surface area contributed by atoms with Crippen molar-refractivity contribution in [2.75, 3.05) is 11.1 Å². The molecule has 13 heteroatoms. The Morgan fingerprint density at radius 3 is 2.63 bits per heavy atom. The molecule has 0 unspecified atom stereocenters. The van der Waals surface area contributed by atoms with Gasteiger partial charge >= 0.3 is 0 Å². The summed E-state index contributed by atoms with van der Waals surface area (Å²) >= 11 is 2.62. The number of para-hydroxylation sites is 1. The lowest BCUT2D eigenvalue weighted by atomic mass is 10.1. The van der Waals surface area contributed by atoms with Crippen LogP contribution in [0.3, 0.4) is 0 Å². The van der Waals surface area contributed by atoms with Gasteiger partial charge in [0.2, 0.25) is 5.91 Å². The number of nitrogens with zero attached hydrogens (tertiary/aromatic N) is 5. The van der Waals surface area contributed by atoms with Crippen LogP contribution in [0, 0.1) is 30.9 Å². The fraction of sp³-hybridized carbons (Fsp3) is 0.179. The molecule has 5 rings (SSSR count). The number of carbonyl (C=O) groups is 2. The van der Waals surface area contributed by atoms with Gasteiger partial charge in [-0.2, -0.15) is 0 Å². The molecule has 0 fully saturated rings. The van der Waals surface area contributed by atoms with Crippen LogP contribution in [0.25, 0.3) is 15.9 Å². The average Bonchev–Trinajstić information content (AvgIpc) is 3.55. The number of fused-ring (bicyclic) bond motifs is 1. The van der Waals surface area contributed by atoms with Crippen LogP contribution in [-0.4, -0.2) is 42.2 Å². The first-order valence-corrected chi connectivity index (χ1v) is 14.3. The van der Waals surface area contributed by atoms with Crippen molar-refractivity contribution in [3.05, 3.63) is 98.9 Å². The van der Waals surface area contributed by atoms with Crippen molar-refractivity contribution in [1.82, 2.24) is 25.1 Å². The molecule has 11 nitrogen and oxygen atoms in total. The third kappa shape index (κ3) is 6.10. The number of thioether (sulfide) groups is 1. The van der Waals surface area contributed by atoms with Crippen molar-refractivity contribution in [3.63, 3.8) is 0 Å². The van der Waals surface area contributed by atoms with Crippen LogP contribution in [0.4, 0.5) is 10.8 Å². The van der Waals surface area contributed by atoms with Crippen molar-refractivity contribution in [3.8, 4) is 5.69 Å². The minimum atomic E-state index is -0.514. The molecule has 208 valence electrons. The van der Waals surface area contributed by atoms with E-state index in [0.29, 0.717) is 16.1 Å². The third-order valence-electron chi connectivity index (χ3n) is 6.33. The van der Waals surface area contributed by atoms with Crippen LogP contribution in [0.5, 0.6) is 0 Å². The van der Waals surface area contributed by atoms with E-state index < -0.39 is 10.8 Å². The van der Waals surface area contributed by atoms with Crippen molar-refractivity contribution >= 4 is 55.9 Å². The first-order chi connectivity index (χ1) is 19.7. The average molecular weight is 588 g/mol. The quantitative estimate of drug-likeness (QED) is 0.133. The number of anilines is 1. The largest absolute Gasteiger partial charge is 0.345 e. The Hall–Kier alpha value is -4.62. The maximum absolute atomic E-state index is 13.0. The Kier molecular flexibility index (Phi) is 8.08. The molecule has 0 aliphatic heterocycles. The van der Waals surface area contributed by atoms with Crippen molar-refractivity contribution in [2.45, 2.75) is 32.5 Å². The predicted molar refractivity (Wildman–Crippen MR) is 159 cm³/mol. The van der Waals surface area contributed by atoms with Gasteiger partial charge in [-0.1, -0.05) is 53.4 Å². The first-order valence-electron chi connectivity index (χ1n) is 12.5. The van der Waals surface area contributed by atoms with Gasteiger partial charge in [-0.3, -0.25) is 24.3 Å². The number of rotatable bonds is 9. The number of nitrogens with one attached hydrogen (secondary N) is 2. The van der Waals surface area contributed by atoms with Gasteiger partial charge in [0.1, 0.15) is 0 Å². The van der Waals surface area contributed by atoms with E-state index in [-0.39, 0.29) is 35.0 Å². The van der Waals surface area contributed by atoms with Crippen LogP contribution in [0.2, 0.25) is 0 Å². The van der Waals surface area contributed by atoms with E-state index in [2.05, 4.69) is 25.8 Å². The smallest absolute Gasteiger partial charge is 0.273 e. The normalized spacial score (nSPS) is 11.0. The van der Waals surface area contributed by atoms with Crippen molar-refractivity contribution < 1.29 is 14.5 Å². The molecule has 5 aromatic rings. The Labute approximate surface area is 243 Å². The lowest BCUT2D eigenvalue weighted by Gasteiger charge is -2.14. The summed E-state index contributed by atoms with van der Waals surface area (Å²) in [5.41, 5.74) is 3.98. The monoisotopic (exact) mass is 587 g/mol. The minimum absolute atomic E-state index is 0.0137. The maximum atomic E-state index is 13.0. The lowest BCUT2D eigenvalue weighted by molar-refractivity contribution is -0.385. The van der Waals surface area contributed by atoms with E-state index in [0.717, 1.165) is 27.0 Å². The highest BCUT2D eigenvalue weighted by molar-refractivity contribution is 7.99. The van der Waals surface area contributed by atoms with Crippen LogP contribution in [0.15, 0.2) is 65.8 Å². The molecule has 0 aliphatic carbocycles. The number of nitro groups is 1. The Morgan fingerprint density at radius 1 is 1.05 bits per heavy atom. The highest BCUT2D eigenvalue weighted by Crippen LogP contribution is 2.28. The minimum Gasteiger partial charge on any atom is -0.345 e. The molecule has 0 atom stereocenters. The zero-order valence-electron chi connectivity index (χ0n) is 22.4. The first kappa shape index (κ1) is 27.9. The second kappa shape index (κ2) is 11.9. The highest BCUT2D eigenvalue weighted by atomic mass is 32.2. The van der Waals surface area contributed by atoms with Gasteiger partial charge in [0.05, 0.1) is 33.1 Å².